The van der Waals surface area contributed by atoms with Crippen LogP contribution < -0.4 is 11.5 Å². The van der Waals surface area contributed by atoms with E-state index in [1.54, 1.807) is 24.3 Å². The van der Waals surface area contributed by atoms with Crippen molar-refractivity contribution in [1.82, 2.24) is 0 Å². The van der Waals surface area contributed by atoms with Crippen LogP contribution in [0.3, 0.4) is 0 Å². The third-order valence-electron chi connectivity index (χ3n) is 2.97. The van der Waals surface area contributed by atoms with Crippen molar-refractivity contribution >= 4 is 35.9 Å². The number of nitrogens with two attached hydrogens (primary N) is 2. The molecule has 8 nitrogen and oxygen atoms in total. The van der Waals surface area contributed by atoms with Crippen molar-refractivity contribution in [1.29, 1.82) is 0 Å². The topological polar surface area (TPSA) is 161 Å². The molecule has 0 aliphatic rings. The highest BCUT2D eigenvalue weighted by atomic mass is 16.4. The fourth-order valence-corrected chi connectivity index (χ4v) is 1.89. The summed E-state index contributed by atoms with van der Waals surface area (Å²) in [5.41, 5.74) is 10.8. The van der Waals surface area contributed by atoms with Crippen molar-refractivity contribution < 1.29 is 29.4 Å². The molecule has 8 heteroatoms. The Kier molecular flexibility index (Phi) is 6.42. The lowest BCUT2D eigenvalue weighted by Gasteiger charge is -2.06. The van der Waals surface area contributed by atoms with Gasteiger partial charge in [-0.3, -0.25) is 19.2 Å². The number of hydrogen-bond acceptors (Lipinski definition) is 4. The maximum atomic E-state index is 11.3. The zero-order valence-electron chi connectivity index (χ0n) is 12.6. The molecule has 2 amide bonds. The van der Waals surface area contributed by atoms with E-state index >= 15 is 0 Å². The van der Waals surface area contributed by atoms with Crippen LogP contribution in [0.2, 0.25) is 0 Å². The zero-order chi connectivity index (χ0) is 18.3. The Bertz CT molecular complexity index is 686. The van der Waals surface area contributed by atoms with Gasteiger partial charge in [-0.05, 0) is 23.3 Å². The van der Waals surface area contributed by atoms with Gasteiger partial charge in [0.1, 0.15) is 0 Å². The average molecular weight is 332 g/mol. The quantitative estimate of drug-likeness (QED) is 0.503. The summed E-state index contributed by atoms with van der Waals surface area (Å²) in [7, 11) is 0. The summed E-state index contributed by atoms with van der Waals surface area (Å²) in [5, 5.41) is 17.6. The maximum Gasteiger partial charge on any atom is 0.308 e. The van der Waals surface area contributed by atoms with Gasteiger partial charge in [0.15, 0.2) is 0 Å². The number of amides is 2. The standard InChI is InChI=1S/C16H16N2O6/c17-15(23)11(7-13(19)20)5-9-3-1-2-4-10(9)6-12(16(18)24)8-14(21)22/h1-6H,7-8H2,(H2,17,23)(H2,18,24)(H,19,20)(H,21,22). The van der Waals surface area contributed by atoms with E-state index in [-0.39, 0.29) is 11.1 Å². The number of hydrogen-bond donors (Lipinski definition) is 4. The molecule has 0 saturated heterocycles. The van der Waals surface area contributed by atoms with Crippen LogP contribution in [0.15, 0.2) is 35.4 Å². The molecular formula is C16H16N2O6. The molecule has 0 radical (unpaired) electrons. The number of aliphatic carboxylic acids is 2. The average Bonchev–Trinajstić information content (AvgIpc) is 2.46. The number of carbonyl (C=O) groups is 4. The van der Waals surface area contributed by atoms with Crippen molar-refractivity contribution in [2.75, 3.05) is 0 Å². The number of carboxylic acids is 2. The summed E-state index contributed by atoms with van der Waals surface area (Å²) in [6.07, 6.45) is 1.43. The number of carboxylic acid groups (broad SMARTS) is 2. The molecule has 0 aromatic heterocycles. The SMILES string of the molecule is NC(=O)C(=Cc1ccccc1C=C(CC(=O)O)C(N)=O)CC(=O)O. The van der Waals surface area contributed by atoms with Crippen LogP contribution in [0, 0.1) is 0 Å². The first-order chi connectivity index (χ1) is 11.2. The van der Waals surface area contributed by atoms with E-state index in [1.807, 2.05) is 0 Å². The molecule has 0 bridgehead atoms. The minimum atomic E-state index is -1.23. The number of primary amides is 2. The highest BCUT2D eigenvalue weighted by Gasteiger charge is 2.13. The Balaban J connectivity index is 3.38. The number of rotatable bonds is 8. The predicted molar refractivity (Wildman–Crippen MR) is 85.3 cm³/mol. The molecule has 0 fully saturated rings. The van der Waals surface area contributed by atoms with E-state index in [0.29, 0.717) is 11.1 Å². The van der Waals surface area contributed by atoms with Gasteiger partial charge in [-0.15, -0.1) is 0 Å². The Hall–Kier alpha value is -3.42. The smallest absolute Gasteiger partial charge is 0.308 e. The van der Waals surface area contributed by atoms with Crippen LogP contribution in [0.4, 0.5) is 0 Å². The maximum absolute atomic E-state index is 11.3. The van der Waals surface area contributed by atoms with E-state index in [0.717, 1.165) is 0 Å². The molecule has 24 heavy (non-hydrogen) atoms. The first-order valence-corrected chi connectivity index (χ1v) is 6.74. The van der Waals surface area contributed by atoms with Crippen molar-refractivity contribution in [2.45, 2.75) is 12.8 Å². The summed E-state index contributed by atoms with van der Waals surface area (Å²) in [6, 6.07) is 6.39. The summed E-state index contributed by atoms with van der Waals surface area (Å²) in [6.45, 7) is 0. The van der Waals surface area contributed by atoms with Gasteiger partial charge in [0, 0.05) is 11.1 Å². The summed E-state index contributed by atoms with van der Waals surface area (Å²) < 4.78 is 0. The second-order valence-corrected chi connectivity index (χ2v) is 4.84. The molecule has 1 rings (SSSR count). The molecule has 0 saturated carbocycles. The van der Waals surface area contributed by atoms with Gasteiger partial charge in [0.2, 0.25) is 11.8 Å². The lowest BCUT2D eigenvalue weighted by Crippen LogP contribution is -2.17. The number of benzene rings is 1. The van der Waals surface area contributed by atoms with Crippen LogP contribution in [-0.4, -0.2) is 34.0 Å². The van der Waals surface area contributed by atoms with Crippen LogP contribution in [0.25, 0.3) is 12.2 Å². The Labute approximate surface area is 137 Å². The van der Waals surface area contributed by atoms with Gasteiger partial charge >= 0.3 is 11.9 Å². The third kappa shape index (κ3) is 5.76. The van der Waals surface area contributed by atoms with Gasteiger partial charge < -0.3 is 21.7 Å². The van der Waals surface area contributed by atoms with E-state index in [4.69, 9.17) is 21.7 Å². The Morgan fingerprint density at radius 2 is 1.12 bits per heavy atom. The van der Waals surface area contributed by atoms with Gasteiger partial charge in [-0.2, -0.15) is 0 Å². The largest absolute Gasteiger partial charge is 0.481 e. The molecule has 0 aliphatic carbocycles. The molecular weight excluding hydrogens is 316 g/mol. The summed E-state index contributed by atoms with van der Waals surface area (Å²) >= 11 is 0. The van der Waals surface area contributed by atoms with Gasteiger partial charge in [0.05, 0.1) is 12.8 Å². The highest BCUT2D eigenvalue weighted by Crippen LogP contribution is 2.19. The van der Waals surface area contributed by atoms with E-state index in [2.05, 4.69) is 0 Å². The number of carbonyl (C=O) groups excluding carboxylic acids is 2. The Morgan fingerprint density at radius 1 is 0.792 bits per heavy atom. The fourth-order valence-electron chi connectivity index (χ4n) is 1.89. The van der Waals surface area contributed by atoms with E-state index < -0.39 is 36.6 Å². The van der Waals surface area contributed by atoms with Crippen LogP contribution in [0.5, 0.6) is 0 Å². The first-order valence-electron chi connectivity index (χ1n) is 6.74. The summed E-state index contributed by atoms with van der Waals surface area (Å²) in [4.78, 5) is 44.3. The van der Waals surface area contributed by atoms with Crippen LogP contribution >= 0.6 is 0 Å². The highest BCUT2D eigenvalue weighted by molar-refractivity contribution is 6.02. The van der Waals surface area contributed by atoms with Crippen molar-refractivity contribution in [3.8, 4) is 0 Å². The van der Waals surface area contributed by atoms with Crippen molar-refractivity contribution in [3.05, 3.63) is 46.5 Å². The predicted octanol–water partition coefficient (Wildman–Crippen LogP) is 0.373. The fraction of sp³-hybridized carbons (Fsp3) is 0.125. The van der Waals surface area contributed by atoms with Crippen molar-refractivity contribution in [3.63, 3.8) is 0 Å². The Morgan fingerprint density at radius 3 is 1.38 bits per heavy atom. The minimum absolute atomic E-state index is 0.137. The van der Waals surface area contributed by atoms with Gasteiger partial charge in [-0.1, -0.05) is 24.3 Å². The molecule has 0 heterocycles. The molecule has 0 unspecified atom stereocenters. The molecule has 1 aromatic rings. The first kappa shape index (κ1) is 18.6. The van der Waals surface area contributed by atoms with Crippen LogP contribution in [-0.2, 0) is 19.2 Å². The van der Waals surface area contributed by atoms with Gasteiger partial charge in [-0.25, -0.2) is 0 Å². The van der Waals surface area contributed by atoms with Crippen molar-refractivity contribution in [2.24, 2.45) is 11.5 Å². The second kappa shape index (κ2) is 8.28. The van der Waals surface area contributed by atoms with E-state index in [1.165, 1.54) is 12.2 Å². The second-order valence-electron chi connectivity index (χ2n) is 4.84. The zero-order valence-corrected chi connectivity index (χ0v) is 12.6. The normalized spacial score (nSPS) is 11.8. The lowest BCUT2D eigenvalue weighted by atomic mass is 9.99. The molecule has 1 aromatic carbocycles. The molecule has 0 atom stereocenters. The molecule has 0 aliphatic heterocycles. The monoisotopic (exact) mass is 332 g/mol. The lowest BCUT2D eigenvalue weighted by molar-refractivity contribution is -0.137. The summed E-state index contributed by atoms with van der Waals surface area (Å²) in [5.74, 6) is -4.23. The van der Waals surface area contributed by atoms with Gasteiger partial charge in [0.25, 0.3) is 0 Å². The molecule has 6 N–H and O–H groups in total. The third-order valence-corrected chi connectivity index (χ3v) is 2.97. The molecule has 0 spiro atoms. The molecule has 126 valence electrons. The van der Waals surface area contributed by atoms with E-state index in [9.17, 15) is 19.2 Å². The van der Waals surface area contributed by atoms with Crippen LogP contribution in [0.1, 0.15) is 24.0 Å². The minimum Gasteiger partial charge on any atom is -0.481 e.